The second kappa shape index (κ2) is 19.1. The third-order valence-corrected chi connectivity index (χ3v) is 14.3. The largest absolute Gasteiger partial charge is 0.508 e. The number of aromatic hydroxyl groups is 1. The number of benzene rings is 2. The summed E-state index contributed by atoms with van der Waals surface area (Å²) in [4.78, 5) is 78.7. The number of carbonyl (C=O) groups excluding carboxylic acids is 5. The van der Waals surface area contributed by atoms with Gasteiger partial charge in [0.1, 0.15) is 23.9 Å². The Labute approximate surface area is 394 Å². The number of cyclic esters (lactones) is 1. The molecule has 0 spiro atoms. The standard InChI is InChI=1S/C53H69N7O7/c1-10-59-44-18-17-35-25-39(44)40(47(59)38-13-11-19-54-45(38)30(2)3)26-53(7,8)29-67-52(66)42-14-12-20-60(56-42)51(65)43(23-33-21-36(35)24-37(61)22-33)55-48(62)46(31(4)5)57(9)50(64)41-28-58(27-32(41)6)49(63)34-15-16-34/h11,13,17-19,21-22,24-25,30-32,34,41-43,46,56,61H,10,12,14-16,20,23,26-29H2,1-9H3,(H,55,62)/t32-,41+,42-,43-,46-/m0/s1. The van der Waals surface area contributed by atoms with Crippen LogP contribution in [0.15, 0.2) is 54.7 Å². The molecule has 2 saturated heterocycles. The Kier molecular flexibility index (Phi) is 13.6. The summed E-state index contributed by atoms with van der Waals surface area (Å²) in [6, 6.07) is 12.8. The smallest absolute Gasteiger partial charge is 0.324 e. The number of carbonyl (C=O) groups is 5. The van der Waals surface area contributed by atoms with Gasteiger partial charge in [-0.2, -0.15) is 0 Å². The van der Waals surface area contributed by atoms with Gasteiger partial charge in [-0.05, 0) is 115 Å². The van der Waals surface area contributed by atoms with Crippen molar-refractivity contribution in [3.05, 3.63) is 71.5 Å². The first kappa shape index (κ1) is 47.7. The van der Waals surface area contributed by atoms with Crippen molar-refractivity contribution in [2.24, 2.45) is 29.1 Å². The van der Waals surface area contributed by atoms with Gasteiger partial charge in [0.2, 0.25) is 17.7 Å². The van der Waals surface area contributed by atoms with Gasteiger partial charge in [0.15, 0.2) is 0 Å². The van der Waals surface area contributed by atoms with Gasteiger partial charge < -0.3 is 29.5 Å². The van der Waals surface area contributed by atoms with Gasteiger partial charge in [0, 0.05) is 73.6 Å². The molecule has 2 aromatic heterocycles. The average molecular weight is 916 g/mol. The second-order valence-corrected chi connectivity index (χ2v) is 21.0. The molecule has 0 unspecified atom stereocenters. The fourth-order valence-electron chi connectivity index (χ4n) is 10.7. The van der Waals surface area contributed by atoms with Crippen LogP contribution < -0.4 is 10.7 Å². The Bertz CT molecular complexity index is 2560. The van der Waals surface area contributed by atoms with E-state index in [1.807, 2.05) is 45.2 Å². The molecule has 4 aliphatic rings. The molecule has 1 saturated carbocycles. The van der Waals surface area contributed by atoms with Crippen LogP contribution in [-0.4, -0.2) is 110 Å². The van der Waals surface area contributed by atoms with E-state index < -0.39 is 47.2 Å². The van der Waals surface area contributed by atoms with Gasteiger partial charge in [-0.15, -0.1) is 0 Å². The average Bonchev–Trinajstić information content (AvgIpc) is 4.01. The van der Waals surface area contributed by atoms with Gasteiger partial charge >= 0.3 is 5.97 Å². The van der Waals surface area contributed by atoms with E-state index in [-0.39, 0.29) is 54.3 Å². The number of fused-ring (bicyclic) bond motifs is 6. The molecule has 5 atom stereocenters. The zero-order valence-electron chi connectivity index (χ0n) is 40.7. The minimum absolute atomic E-state index is 0.00817. The molecule has 4 aromatic rings. The first-order valence-corrected chi connectivity index (χ1v) is 24.4. The number of pyridine rings is 1. The highest BCUT2D eigenvalue weighted by Crippen LogP contribution is 2.42. The number of nitrogens with one attached hydrogen (secondary N) is 2. The molecule has 8 rings (SSSR count). The number of aromatic nitrogens is 2. The Balaban J connectivity index is 1.18. The maximum atomic E-state index is 14.8. The third kappa shape index (κ3) is 9.82. The van der Waals surface area contributed by atoms with Crippen molar-refractivity contribution in [1.29, 1.82) is 0 Å². The number of phenols is 1. The normalized spacial score (nSPS) is 22.7. The number of phenolic OH excluding ortho intramolecular Hbond substituents is 1. The van der Waals surface area contributed by atoms with E-state index in [0.29, 0.717) is 51.0 Å². The number of nitrogens with zero attached hydrogens (tertiary/aromatic N) is 5. The van der Waals surface area contributed by atoms with Crippen molar-refractivity contribution in [3.8, 4) is 28.1 Å². The van der Waals surface area contributed by atoms with Crippen molar-refractivity contribution in [1.82, 2.24) is 35.1 Å². The Morgan fingerprint density at radius 1 is 1.01 bits per heavy atom. The Morgan fingerprint density at radius 3 is 2.48 bits per heavy atom. The van der Waals surface area contributed by atoms with Crippen molar-refractivity contribution in [2.45, 2.75) is 125 Å². The summed E-state index contributed by atoms with van der Waals surface area (Å²) in [5.74, 6) is -2.17. The van der Waals surface area contributed by atoms with Gasteiger partial charge in [0.05, 0.1) is 23.9 Å². The quantitative estimate of drug-likeness (QED) is 0.152. The number of likely N-dealkylation sites (N-methyl/N-ethyl adjacent to an activating group) is 1. The lowest BCUT2D eigenvalue weighted by Gasteiger charge is -2.37. The zero-order valence-corrected chi connectivity index (χ0v) is 40.7. The summed E-state index contributed by atoms with van der Waals surface area (Å²) in [6.45, 7) is 18.3. The lowest BCUT2D eigenvalue weighted by Crippen LogP contribution is -2.62. The summed E-state index contributed by atoms with van der Waals surface area (Å²) in [5, 5.41) is 16.8. The van der Waals surface area contributed by atoms with Gasteiger partial charge in [-0.25, -0.2) is 5.43 Å². The molecule has 1 aliphatic carbocycles. The molecule has 358 valence electrons. The first-order valence-electron chi connectivity index (χ1n) is 24.4. The topological polar surface area (TPSA) is 166 Å². The highest BCUT2D eigenvalue weighted by molar-refractivity contribution is 5.96. The van der Waals surface area contributed by atoms with E-state index in [1.165, 1.54) is 9.91 Å². The molecule has 3 aliphatic heterocycles. The van der Waals surface area contributed by atoms with Gasteiger partial charge in [0.25, 0.3) is 5.91 Å². The number of ether oxygens (including phenoxy) is 1. The Morgan fingerprint density at radius 2 is 1.78 bits per heavy atom. The fraction of sp³-hybridized carbons (Fsp3) is 0.547. The molecular formula is C53H69N7O7. The maximum Gasteiger partial charge on any atom is 0.324 e. The third-order valence-electron chi connectivity index (χ3n) is 14.3. The van der Waals surface area contributed by atoms with Crippen molar-refractivity contribution in [3.63, 3.8) is 0 Å². The monoisotopic (exact) mass is 916 g/mol. The molecular weight excluding hydrogens is 847 g/mol. The van der Waals surface area contributed by atoms with Crippen LogP contribution in [0.2, 0.25) is 0 Å². The van der Waals surface area contributed by atoms with Gasteiger partial charge in [-0.3, -0.25) is 34.0 Å². The number of hydrogen-bond donors (Lipinski definition) is 3. The number of hydrogen-bond acceptors (Lipinski definition) is 9. The van der Waals surface area contributed by atoms with Crippen molar-refractivity contribution in [2.75, 3.05) is 33.3 Å². The van der Waals surface area contributed by atoms with E-state index in [4.69, 9.17) is 9.72 Å². The SMILES string of the molecule is CCn1c(-c2cccnc2C(C)C)c2c3cc(ccc31)-c1cc(O)cc(c1)C[C@H](NC(=O)[C@H](C(C)C)N(C)C(=O)[C@@H]1CN(C(=O)C3CC3)C[C@@H]1C)C(=O)N1CCC[C@H](N1)C(=O)OCC(C)(C)C2. The summed E-state index contributed by atoms with van der Waals surface area (Å²) in [5.41, 5.74) is 10.1. The lowest BCUT2D eigenvalue weighted by atomic mass is 9.83. The number of amides is 4. The molecule has 6 bridgehead atoms. The van der Waals surface area contributed by atoms with Crippen LogP contribution in [0.3, 0.4) is 0 Å². The van der Waals surface area contributed by atoms with Crippen LogP contribution in [0.25, 0.3) is 33.3 Å². The summed E-state index contributed by atoms with van der Waals surface area (Å²) < 4.78 is 8.47. The predicted molar refractivity (Wildman–Crippen MR) is 257 cm³/mol. The minimum atomic E-state index is -1.14. The number of likely N-dealkylation sites (tertiary alicyclic amines) is 1. The van der Waals surface area contributed by atoms with Gasteiger partial charge in [-0.1, -0.05) is 60.6 Å². The van der Waals surface area contributed by atoms with Crippen LogP contribution >= 0.6 is 0 Å². The maximum absolute atomic E-state index is 14.8. The molecule has 4 amide bonds. The van der Waals surface area contributed by atoms with Crippen LogP contribution in [0, 0.1) is 29.1 Å². The number of rotatable bonds is 9. The zero-order chi connectivity index (χ0) is 48.1. The molecule has 67 heavy (non-hydrogen) atoms. The first-order chi connectivity index (χ1) is 31.8. The molecule has 5 heterocycles. The summed E-state index contributed by atoms with van der Waals surface area (Å²) >= 11 is 0. The van der Waals surface area contributed by atoms with Crippen LogP contribution in [-0.2, 0) is 48.1 Å². The predicted octanol–water partition coefficient (Wildman–Crippen LogP) is 6.86. The molecule has 14 nitrogen and oxygen atoms in total. The fourth-order valence-corrected chi connectivity index (χ4v) is 10.7. The summed E-state index contributed by atoms with van der Waals surface area (Å²) in [6.07, 6.45) is 5.18. The number of hydrazine groups is 1. The van der Waals surface area contributed by atoms with Crippen LogP contribution in [0.1, 0.15) is 104 Å². The molecule has 0 radical (unpaired) electrons. The van der Waals surface area contributed by atoms with Crippen LogP contribution in [0.4, 0.5) is 0 Å². The van der Waals surface area contributed by atoms with E-state index in [2.05, 4.69) is 68.1 Å². The molecule has 3 N–H and O–H groups in total. The lowest BCUT2D eigenvalue weighted by molar-refractivity contribution is -0.155. The Hall–Kier alpha value is -5.76. The molecule has 14 heteroatoms. The van der Waals surface area contributed by atoms with E-state index in [1.54, 1.807) is 24.1 Å². The highest BCUT2D eigenvalue weighted by atomic mass is 16.5. The summed E-state index contributed by atoms with van der Waals surface area (Å²) in [7, 11) is 1.63. The number of aryl methyl sites for hydroxylation is 1. The minimum Gasteiger partial charge on any atom is -0.508 e. The van der Waals surface area contributed by atoms with E-state index >= 15 is 0 Å². The number of esters is 1. The molecule has 2 aromatic carbocycles. The van der Waals surface area contributed by atoms with Crippen molar-refractivity contribution >= 4 is 40.5 Å². The van der Waals surface area contributed by atoms with Crippen LogP contribution in [0.5, 0.6) is 5.75 Å². The second-order valence-electron chi connectivity index (χ2n) is 21.0. The molecule has 3 fully saturated rings. The van der Waals surface area contributed by atoms with E-state index in [9.17, 15) is 29.1 Å². The van der Waals surface area contributed by atoms with E-state index in [0.717, 1.165) is 57.4 Å². The van der Waals surface area contributed by atoms with Crippen molar-refractivity contribution < 1.29 is 33.8 Å². The highest BCUT2D eigenvalue weighted by Gasteiger charge is 2.45.